The number of hydrogen-bond acceptors (Lipinski definition) is 6. The van der Waals surface area contributed by atoms with Crippen LogP contribution in [0, 0.1) is 6.92 Å². The summed E-state index contributed by atoms with van der Waals surface area (Å²) in [7, 11) is 0. The Bertz CT molecular complexity index is 840. The van der Waals surface area contributed by atoms with Crippen LogP contribution in [0.5, 0.6) is 0 Å². The molecule has 7 nitrogen and oxygen atoms in total. The summed E-state index contributed by atoms with van der Waals surface area (Å²) in [5, 5.41) is 3.65. The van der Waals surface area contributed by atoms with Crippen molar-refractivity contribution in [3.8, 4) is 0 Å². The number of nitrogens with two attached hydrogens (primary N) is 1. The van der Waals surface area contributed by atoms with Crippen LogP contribution >= 0.6 is 0 Å². The number of nitrogen functional groups attached to an aromatic ring is 1. The molecule has 0 aliphatic carbocycles. The molecule has 2 heterocycles. The van der Waals surface area contributed by atoms with E-state index < -0.39 is 0 Å². The van der Waals surface area contributed by atoms with Gasteiger partial charge < -0.3 is 16.0 Å². The molecule has 21 heavy (non-hydrogen) atoms. The molecule has 4 N–H and O–H groups in total. The van der Waals surface area contributed by atoms with E-state index in [9.17, 15) is 4.79 Å². The number of fused-ring (bicyclic) bond motifs is 1. The van der Waals surface area contributed by atoms with E-state index >= 15 is 0 Å². The average molecular weight is 282 g/mol. The van der Waals surface area contributed by atoms with Gasteiger partial charge in [-0.3, -0.25) is 14.8 Å². The summed E-state index contributed by atoms with van der Waals surface area (Å²) in [6.45, 7) is 2.38. The van der Waals surface area contributed by atoms with Crippen LogP contribution < -0.4 is 16.6 Å². The fraction of sp³-hybridized carbons (Fsp3) is 0.143. The molecule has 3 rings (SSSR count). The van der Waals surface area contributed by atoms with Gasteiger partial charge in [-0.05, 0) is 19.1 Å². The van der Waals surface area contributed by atoms with Gasteiger partial charge in [0, 0.05) is 6.20 Å². The molecule has 0 bridgehead atoms. The number of benzene rings is 1. The average Bonchev–Trinajstić information content (AvgIpc) is 2.48. The van der Waals surface area contributed by atoms with E-state index in [0.717, 1.165) is 11.4 Å². The molecule has 0 saturated carbocycles. The van der Waals surface area contributed by atoms with Crippen LogP contribution in [-0.4, -0.2) is 19.9 Å². The molecule has 0 atom stereocenters. The van der Waals surface area contributed by atoms with Gasteiger partial charge >= 0.3 is 0 Å². The van der Waals surface area contributed by atoms with Crippen molar-refractivity contribution in [2.24, 2.45) is 0 Å². The predicted molar refractivity (Wildman–Crippen MR) is 80.9 cm³/mol. The van der Waals surface area contributed by atoms with Crippen molar-refractivity contribution in [3.05, 3.63) is 52.6 Å². The van der Waals surface area contributed by atoms with Gasteiger partial charge in [0.25, 0.3) is 5.56 Å². The molecule has 3 aromatic rings. The zero-order valence-corrected chi connectivity index (χ0v) is 11.4. The first kappa shape index (κ1) is 13.0. The summed E-state index contributed by atoms with van der Waals surface area (Å²) in [4.78, 5) is 26.8. The second-order valence-corrected chi connectivity index (χ2v) is 4.69. The highest BCUT2D eigenvalue weighted by atomic mass is 16.1. The quantitative estimate of drug-likeness (QED) is 0.623. The van der Waals surface area contributed by atoms with E-state index in [-0.39, 0.29) is 5.56 Å². The summed E-state index contributed by atoms with van der Waals surface area (Å²) in [5.41, 5.74) is 9.22. The van der Waals surface area contributed by atoms with E-state index in [0.29, 0.717) is 28.8 Å². The maximum Gasteiger partial charge on any atom is 0.258 e. The van der Waals surface area contributed by atoms with Gasteiger partial charge in [0.1, 0.15) is 0 Å². The van der Waals surface area contributed by atoms with Crippen LogP contribution in [0.2, 0.25) is 0 Å². The zero-order chi connectivity index (χ0) is 14.8. The smallest absolute Gasteiger partial charge is 0.258 e. The second kappa shape index (κ2) is 5.20. The zero-order valence-electron chi connectivity index (χ0n) is 11.4. The first-order valence-corrected chi connectivity index (χ1v) is 6.42. The molecule has 0 unspecified atom stereocenters. The standard InChI is InChI=1S/C14H14N6O/c1-8-4-17-9(5-16-8)6-18-13-3-12-10(2-11(13)15)14(21)20-7-19-12/h2-5,7,18H,6,15H2,1H3,(H,19,20,21). The number of hydrogen-bond donors (Lipinski definition) is 3. The second-order valence-electron chi connectivity index (χ2n) is 4.69. The van der Waals surface area contributed by atoms with Gasteiger partial charge in [-0.25, -0.2) is 4.98 Å². The van der Waals surface area contributed by atoms with Gasteiger partial charge in [0.05, 0.1) is 52.7 Å². The highest BCUT2D eigenvalue weighted by molar-refractivity contribution is 5.88. The minimum absolute atomic E-state index is 0.206. The molecular formula is C14H14N6O. The summed E-state index contributed by atoms with van der Waals surface area (Å²) in [6, 6.07) is 3.37. The Kier molecular flexibility index (Phi) is 3.23. The first-order valence-electron chi connectivity index (χ1n) is 6.42. The normalized spacial score (nSPS) is 10.7. The van der Waals surface area contributed by atoms with Crippen LogP contribution in [0.4, 0.5) is 11.4 Å². The Morgan fingerprint density at radius 2 is 2.10 bits per heavy atom. The minimum atomic E-state index is -0.206. The summed E-state index contributed by atoms with van der Waals surface area (Å²) in [6.07, 6.45) is 4.79. The van der Waals surface area contributed by atoms with Gasteiger partial charge in [0.2, 0.25) is 0 Å². The number of nitrogens with one attached hydrogen (secondary N) is 2. The summed E-state index contributed by atoms with van der Waals surface area (Å²) >= 11 is 0. The van der Waals surface area contributed by atoms with Crippen LogP contribution in [0.1, 0.15) is 11.4 Å². The van der Waals surface area contributed by atoms with E-state index in [2.05, 4.69) is 25.3 Å². The lowest BCUT2D eigenvalue weighted by Gasteiger charge is -2.10. The molecule has 0 amide bonds. The number of nitrogens with zero attached hydrogens (tertiary/aromatic N) is 3. The number of aromatic amines is 1. The van der Waals surface area contributed by atoms with Gasteiger partial charge in [0.15, 0.2) is 0 Å². The van der Waals surface area contributed by atoms with Gasteiger partial charge in [-0.2, -0.15) is 0 Å². The molecule has 106 valence electrons. The van der Waals surface area contributed by atoms with Crippen molar-refractivity contribution in [1.29, 1.82) is 0 Å². The summed E-state index contributed by atoms with van der Waals surface area (Å²) < 4.78 is 0. The lowest BCUT2D eigenvalue weighted by Crippen LogP contribution is -2.09. The van der Waals surface area contributed by atoms with Crippen molar-refractivity contribution in [3.63, 3.8) is 0 Å². The van der Waals surface area contributed by atoms with Crippen molar-refractivity contribution >= 4 is 22.3 Å². The van der Waals surface area contributed by atoms with Crippen LogP contribution in [0.3, 0.4) is 0 Å². The molecule has 2 aromatic heterocycles. The van der Waals surface area contributed by atoms with Crippen molar-refractivity contribution in [2.75, 3.05) is 11.1 Å². The van der Waals surface area contributed by atoms with Crippen LogP contribution in [0.15, 0.2) is 35.6 Å². The van der Waals surface area contributed by atoms with Gasteiger partial charge in [-0.1, -0.05) is 0 Å². The molecule has 0 saturated heterocycles. The number of aryl methyl sites for hydroxylation is 1. The Balaban J connectivity index is 1.88. The monoisotopic (exact) mass is 282 g/mol. The summed E-state index contributed by atoms with van der Waals surface area (Å²) in [5.74, 6) is 0. The van der Waals surface area contributed by atoms with Crippen molar-refractivity contribution in [2.45, 2.75) is 13.5 Å². The Labute approximate surface area is 120 Å². The topological polar surface area (TPSA) is 110 Å². The van der Waals surface area contributed by atoms with E-state index in [1.165, 1.54) is 6.33 Å². The molecule has 0 spiro atoms. The molecule has 1 aromatic carbocycles. The maximum atomic E-state index is 11.7. The van der Waals surface area contributed by atoms with Crippen LogP contribution in [0.25, 0.3) is 10.9 Å². The Morgan fingerprint density at radius 3 is 2.86 bits per heavy atom. The van der Waals surface area contributed by atoms with Crippen molar-refractivity contribution in [1.82, 2.24) is 19.9 Å². The number of H-pyrrole nitrogens is 1. The number of rotatable bonds is 3. The fourth-order valence-corrected chi connectivity index (χ4v) is 1.98. The predicted octanol–water partition coefficient (Wildman–Crippen LogP) is 1.22. The fourth-order valence-electron chi connectivity index (χ4n) is 1.98. The maximum absolute atomic E-state index is 11.7. The number of aromatic nitrogens is 4. The van der Waals surface area contributed by atoms with E-state index in [4.69, 9.17) is 5.73 Å². The van der Waals surface area contributed by atoms with E-state index in [1.54, 1.807) is 24.5 Å². The Morgan fingerprint density at radius 1 is 1.24 bits per heavy atom. The molecule has 0 aliphatic rings. The third-order valence-corrected chi connectivity index (χ3v) is 3.11. The first-order chi connectivity index (χ1) is 10.1. The van der Waals surface area contributed by atoms with Gasteiger partial charge in [-0.15, -0.1) is 0 Å². The molecule has 0 fully saturated rings. The SMILES string of the molecule is Cc1cnc(CNc2cc3nc[nH]c(=O)c3cc2N)cn1. The highest BCUT2D eigenvalue weighted by Gasteiger charge is 2.06. The third-order valence-electron chi connectivity index (χ3n) is 3.11. The largest absolute Gasteiger partial charge is 0.397 e. The highest BCUT2D eigenvalue weighted by Crippen LogP contribution is 2.23. The van der Waals surface area contributed by atoms with Crippen LogP contribution in [-0.2, 0) is 6.54 Å². The van der Waals surface area contributed by atoms with Crippen molar-refractivity contribution < 1.29 is 0 Å². The number of anilines is 2. The molecule has 0 radical (unpaired) electrons. The molecule has 0 aliphatic heterocycles. The minimum Gasteiger partial charge on any atom is -0.397 e. The van der Waals surface area contributed by atoms with E-state index in [1.807, 2.05) is 6.92 Å². The lowest BCUT2D eigenvalue weighted by atomic mass is 10.2. The molecule has 7 heteroatoms. The third kappa shape index (κ3) is 2.66. The Hall–Kier alpha value is -2.96. The molecular weight excluding hydrogens is 268 g/mol. The lowest BCUT2D eigenvalue weighted by molar-refractivity contribution is 0.985.